The maximum atomic E-state index is 12.4. The van der Waals surface area contributed by atoms with Gasteiger partial charge in [-0.1, -0.05) is 23.2 Å². The Morgan fingerprint density at radius 1 is 1.32 bits per heavy atom. The molecule has 0 aromatic heterocycles. The van der Waals surface area contributed by atoms with Crippen LogP contribution in [0.2, 0.25) is 10.0 Å². The van der Waals surface area contributed by atoms with E-state index < -0.39 is 10.0 Å². The van der Waals surface area contributed by atoms with E-state index in [-0.39, 0.29) is 46.2 Å². The number of hydrogen-bond donors (Lipinski definition) is 2. The van der Waals surface area contributed by atoms with Gasteiger partial charge < -0.3 is 11.1 Å². The van der Waals surface area contributed by atoms with Crippen molar-refractivity contribution in [2.75, 3.05) is 25.4 Å². The minimum Gasteiger partial charge on any atom is -0.398 e. The Morgan fingerprint density at radius 3 is 2.58 bits per heavy atom. The largest absolute Gasteiger partial charge is 0.398 e. The molecule has 9 heteroatoms. The van der Waals surface area contributed by atoms with Gasteiger partial charge in [0.15, 0.2) is 0 Å². The summed E-state index contributed by atoms with van der Waals surface area (Å²) in [5.41, 5.74) is 5.64. The molecular weight excluding hydrogens is 313 g/mol. The number of halogens is 2. The molecule has 1 aromatic carbocycles. The lowest BCUT2D eigenvalue weighted by Gasteiger charge is -2.26. The van der Waals surface area contributed by atoms with Crippen molar-refractivity contribution in [2.45, 2.75) is 4.90 Å². The van der Waals surface area contributed by atoms with Crippen LogP contribution in [0, 0.1) is 0 Å². The molecule has 0 aliphatic carbocycles. The zero-order chi connectivity index (χ0) is 14.2. The van der Waals surface area contributed by atoms with Gasteiger partial charge in [0.05, 0.1) is 17.3 Å². The lowest BCUT2D eigenvalue weighted by molar-refractivity contribution is -0.122. The summed E-state index contributed by atoms with van der Waals surface area (Å²) < 4.78 is 25.9. The molecule has 6 nitrogen and oxygen atoms in total. The number of amides is 1. The Balaban J connectivity index is 2.48. The Labute approximate surface area is 120 Å². The van der Waals surface area contributed by atoms with Crippen LogP contribution >= 0.6 is 23.2 Å². The third-order valence-corrected chi connectivity index (χ3v) is 5.23. The Hall–Kier alpha value is -1.02. The summed E-state index contributed by atoms with van der Waals surface area (Å²) >= 11 is 11.6. The van der Waals surface area contributed by atoms with Gasteiger partial charge in [0.1, 0.15) is 4.90 Å². The smallest absolute Gasteiger partial charge is 0.247 e. The van der Waals surface area contributed by atoms with E-state index in [0.29, 0.717) is 0 Å². The molecule has 3 N–H and O–H groups in total. The van der Waals surface area contributed by atoms with Crippen molar-refractivity contribution in [1.82, 2.24) is 9.62 Å². The van der Waals surface area contributed by atoms with Crippen LogP contribution in [-0.4, -0.2) is 38.3 Å². The highest BCUT2D eigenvalue weighted by Crippen LogP contribution is 2.33. The normalized spacial score (nSPS) is 17.3. The molecule has 19 heavy (non-hydrogen) atoms. The Bertz CT molecular complexity index is 610. The van der Waals surface area contributed by atoms with Gasteiger partial charge in [0, 0.05) is 18.1 Å². The van der Waals surface area contributed by atoms with Gasteiger partial charge in [-0.2, -0.15) is 4.31 Å². The highest BCUT2D eigenvalue weighted by Gasteiger charge is 2.32. The van der Waals surface area contributed by atoms with Gasteiger partial charge in [-0.15, -0.1) is 0 Å². The predicted octanol–water partition coefficient (Wildman–Crippen LogP) is 0.696. The number of nitrogens with zero attached hydrogens (tertiary/aromatic N) is 1. The molecule has 1 saturated heterocycles. The number of carbonyl (C=O) groups excluding carboxylic acids is 1. The van der Waals surface area contributed by atoms with E-state index in [2.05, 4.69) is 5.32 Å². The summed E-state index contributed by atoms with van der Waals surface area (Å²) in [6.45, 7) is 0.177. The lowest BCUT2D eigenvalue weighted by atomic mass is 10.3. The summed E-state index contributed by atoms with van der Waals surface area (Å²) in [5.74, 6) is -0.363. The molecule has 104 valence electrons. The first kappa shape index (κ1) is 14.4. The van der Waals surface area contributed by atoms with Gasteiger partial charge in [-0.3, -0.25) is 4.79 Å². The SMILES string of the molecule is Nc1cc(Cl)cc(Cl)c1S(=O)(=O)N1CCNC(=O)C1. The van der Waals surface area contributed by atoms with Crippen LogP contribution in [0.3, 0.4) is 0 Å². The minimum absolute atomic E-state index is 0.0384. The van der Waals surface area contributed by atoms with Crippen molar-refractivity contribution in [1.29, 1.82) is 0 Å². The molecule has 0 saturated carbocycles. The van der Waals surface area contributed by atoms with Gasteiger partial charge in [0.25, 0.3) is 0 Å². The number of piperazine rings is 1. The lowest BCUT2D eigenvalue weighted by Crippen LogP contribution is -2.49. The second-order valence-corrected chi connectivity index (χ2v) is 6.71. The quantitative estimate of drug-likeness (QED) is 0.783. The fourth-order valence-corrected chi connectivity index (χ4v) is 4.14. The van der Waals surface area contributed by atoms with E-state index in [9.17, 15) is 13.2 Å². The number of hydrogen-bond acceptors (Lipinski definition) is 4. The van der Waals surface area contributed by atoms with Crippen molar-refractivity contribution in [3.63, 3.8) is 0 Å². The van der Waals surface area contributed by atoms with Crippen LogP contribution in [0.4, 0.5) is 5.69 Å². The molecule has 0 bridgehead atoms. The van der Waals surface area contributed by atoms with E-state index in [1.807, 2.05) is 0 Å². The average molecular weight is 324 g/mol. The van der Waals surface area contributed by atoms with Gasteiger partial charge in [-0.05, 0) is 12.1 Å². The summed E-state index contributed by atoms with van der Waals surface area (Å²) in [5, 5.41) is 2.73. The van der Waals surface area contributed by atoms with Crippen molar-refractivity contribution in [3.8, 4) is 0 Å². The van der Waals surface area contributed by atoms with Crippen LogP contribution < -0.4 is 11.1 Å². The number of nitrogens with one attached hydrogen (secondary N) is 1. The maximum absolute atomic E-state index is 12.4. The molecule has 0 radical (unpaired) electrons. The topological polar surface area (TPSA) is 92.5 Å². The van der Waals surface area contributed by atoms with Crippen LogP contribution in [0.1, 0.15) is 0 Å². The first-order valence-corrected chi connectivity index (χ1v) is 7.53. The van der Waals surface area contributed by atoms with Gasteiger partial charge in [0.2, 0.25) is 15.9 Å². The zero-order valence-corrected chi connectivity index (χ0v) is 12.0. The molecule has 1 heterocycles. The highest BCUT2D eigenvalue weighted by atomic mass is 35.5. The number of anilines is 1. The maximum Gasteiger partial charge on any atom is 0.247 e. The second kappa shape index (κ2) is 5.16. The van der Waals surface area contributed by atoms with E-state index >= 15 is 0 Å². The molecule has 1 fully saturated rings. The number of benzene rings is 1. The first-order valence-electron chi connectivity index (χ1n) is 5.34. The van der Waals surface area contributed by atoms with Crippen molar-refractivity contribution >= 4 is 44.8 Å². The first-order chi connectivity index (χ1) is 8.82. The molecular formula is C10H11Cl2N3O3S. The monoisotopic (exact) mass is 323 g/mol. The molecule has 0 atom stereocenters. The number of nitrogens with two attached hydrogens (primary N) is 1. The van der Waals surface area contributed by atoms with E-state index in [1.54, 1.807) is 0 Å². The second-order valence-electron chi connectivity index (χ2n) is 3.99. The van der Waals surface area contributed by atoms with Crippen LogP contribution in [0.5, 0.6) is 0 Å². The third kappa shape index (κ3) is 2.79. The Kier molecular flexibility index (Phi) is 3.91. The average Bonchev–Trinajstić information content (AvgIpc) is 2.26. The summed E-state index contributed by atoms with van der Waals surface area (Å²) in [6, 6.07) is 2.61. The number of carbonyl (C=O) groups is 1. The highest BCUT2D eigenvalue weighted by molar-refractivity contribution is 7.89. The predicted molar refractivity (Wildman–Crippen MR) is 72.6 cm³/mol. The van der Waals surface area contributed by atoms with E-state index in [1.165, 1.54) is 12.1 Å². The minimum atomic E-state index is -3.92. The summed E-state index contributed by atoms with van der Waals surface area (Å²) in [4.78, 5) is 11.1. The van der Waals surface area contributed by atoms with Gasteiger partial charge in [-0.25, -0.2) is 8.42 Å². The number of rotatable bonds is 2. The molecule has 2 rings (SSSR count). The van der Waals surface area contributed by atoms with Crippen molar-refractivity contribution < 1.29 is 13.2 Å². The molecule has 0 unspecified atom stereocenters. The summed E-state index contributed by atoms with van der Waals surface area (Å²) in [6.07, 6.45) is 0. The molecule has 1 amide bonds. The van der Waals surface area contributed by atoms with E-state index in [0.717, 1.165) is 4.31 Å². The standard InChI is InChI=1S/C10H11Cl2N3O3S/c11-6-3-7(12)10(8(13)4-6)19(17,18)15-2-1-14-9(16)5-15/h3-4H,1-2,5,13H2,(H,14,16). The van der Waals surface area contributed by atoms with Crippen molar-refractivity contribution in [2.24, 2.45) is 0 Å². The molecule has 1 aromatic rings. The van der Waals surface area contributed by atoms with Crippen LogP contribution in [0.25, 0.3) is 0 Å². The summed E-state index contributed by atoms with van der Waals surface area (Å²) in [7, 11) is -3.92. The van der Waals surface area contributed by atoms with E-state index in [4.69, 9.17) is 28.9 Å². The fraction of sp³-hybridized carbons (Fsp3) is 0.300. The van der Waals surface area contributed by atoms with Crippen LogP contribution in [-0.2, 0) is 14.8 Å². The van der Waals surface area contributed by atoms with Gasteiger partial charge >= 0.3 is 0 Å². The molecule has 1 aliphatic rings. The fourth-order valence-electron chi connectivity index (χ4n) is 1.80. The Morgan fingerprint density at radius 2 is 2.00 bits per heavy atom. The number of sulfonamides is 1. The number of nitrogen functional groups attached to an aromatic ring is 1. The van der Waals surface area contributed by atoms with Crippen molar-refractivity contribution in [3.05, 3.63) is 22.2 Å². The molecule has 0 spiro atoms. The van der Waals surface area contributed by atoms with Crippen LogP contribution in [0.15, 0.2) is 17.0 Å². The zero-order valence-electron chi connectivity index (χ0n) is 9.69. The molecule has 1 aliphatic heterocycles. The third-order valence-electron chi connectivity index (χ3n) is 2.64.